The smallest absolute Gasteiger partial charge is 0.131 e. The molecule has 4 rings (SSSR count). The molecule has 114 valence electrons. The Morgan fingerprint density at radius 2 is 1.68 bits per heavy atom. The molecule has 4 heteroatoms. The van der Waals surface area contributed by atoms with Gasteiger partial charge in [0.2, 0.25) is 0 Å². The summed E-state index contributed by atoms with van der Waals surface area (Å²) in [6, 6.07) is 6.24. The average molecular weight is 294 g/mol. The Bertz CT molecular complexity index is 599. The first-order valence-corrected chi connectivity index (χ1v) is 8.32. The minimum absolute atomic E-state index is 0.617. The minimum Gasteiger partial charge on any atom is -0.299 e. The van der Waals surface area contributed by atoms with E-state index in [0.29, 0.717) is 11.8 Å². The van der Waals surface area contributed by atoms with Crippen molar-refractivity contribution in [2.75, 3.05) is 13.1 Å². The number of aromatic nitrogens is 3. The van der Waals surface area contributed by atoms with Gasteiger partial charge in [-0.1, -0.05) is 6.07 Å². The maximum absolute atomic E-state index is 4.52. The van der Waals surface area contributed by atoms with E-state index in [4.69, 9.17) is 0 Å². The Balaban J connectivity index is 1.32. The number of hydrogen-bond acceptors (Lipinski definition) is 4. The highest BCUT2D eigenvalue weighted by Gasteiger charge is 2.26. The fourth-order valence-corrected chi connectivity index (χ4v) is 3.26. The van der Waals surface area contributed by atoms with Crippen LogP contribution in [0.3, 0.4) is 0 Å². The van der Waals surface area contributed by atoms with Crippen LogP contribution in [0.2, 0.25) is 0 Å². The standard InChI is InChI=1S/C18H22N4/c1-2-8-19-17(3-1)15-6-9-22(10-7-15)13-14-11-20-18(21-12-14)16-4-5-16/h1-3,8,11-12,15-16H,4-7,9-10,13H2. The molecule has 0 spiro atoms. The van der Waals surface area contributed by atoms with Gasteiger partial charge in [0.1, 0.15) is 5.82 Å². The lowest BCUT2D eigenvalue weighted by Crippen LogP contribution is -2.32. The molecular weight excluding hydrogens is 272 g/mol. The molecule has 4 nitrogen and oxygen atoms in total. The lowest BCUT2D eigenvalue weighted by molar-refractivity contribution is 0.203. The molecule has 0 radical (unpaired) electrons. The molecule has 0 bridgehead atoms. The molecule has 0 unspecified atom stereocenters. The molecule has 1 saturated carbocycles. The molecule has 2 aromatic rings. The zero-order valence-electron chi connectivity index (χ0n) is 12.9. The van der Waals surface area contributed by atoms with Gasteiger partial charge >= 0.3 is 0 Å². The lowest BCUT2D eigenvalue weighted by atomic mass is 9.93. The number of piperidine rings is 1. The highest BCUT2D eigenvalue weighted by atomic mass is 15.1. The van der Waals surface area contributed by atoms with E-state index >= 15 is 0 Å². The summed E-state index contributed by atoms with van der Waals surface area (Å²) >= 11 is 0. The molecule has 2 aliphatic rings. The molecule has 0 amide bonds. The van der Waals surface area contributed by atoms with Crippen molar-refractivity contribution in [1.29, 1.82) is 0 Å². The molecule has 0 atom stereocenters. The van der Waals surface area contributed by atoms with Crippen LogP contribution in [0.4, 0.5) is 0 Å². The van der Waals surface area contributed by atoms with Gasteiger partial charge in [-0.15, -0.1) is 0 Å². The van der Waals surface area contributed by atoms with E-state index in [1.165, 1.54) is 36.9 Å². The highest BCUT2D eigenvalue weighted by molar-refractivity contribution is 5.12. The highest BCUT2D eigenvalue weighted by Crippen LogP contribution is 2.37. The summed E-state index contributed by atoms with van der Waals surface area (Å²) in [6.07, 6.45) is 10.9. The Morgan fingerprint density at radius 1 is 0.909 bits per heavy atom. The third-order valence-electron chi connectivity index (χ3n) is 4.77. The first-order chi connectivity index (χ1) is 10.9. The summed E-state index contributed by atoms with van der Waals surface area (Å²) in [7, 11) is 0. The van der Waals surface area contributed by atoms with Crippen molar-refractivity contribution in [3.05, 3.63) is 53.9 Å². The van der Waals surface area contributed by atoms with Gasteiger partial charge in [0.15, 0.2) is 0 Å². The van der Waals surface area contributed by atoms with Crippen molar-refractivity contribution in [1.82, 2.24) is 19.9 Å². The Morgan fingerprint density at radius 3 is 2.32 bits per heavy atom. The molecule has 0 N–H and O–H groups in total. The fourth-order valence-electron chi connectivity index (χ4n) is 3.26. The van der Waals surface area contributed by atoms with Crippen LogP contribution in [0.1, 0.15) is 54.6 Å². The summed E-state index contributed by atoms with van der Waals surface area (Å²) < 4.78 is 0. The lowest BCUT2D eigenvalue weighted by Gasteiger charge is -2.31. The second-order valence-corrected chi connectivity index (χ2v) is 6.53. The van der Waals surface area contributed by atoms with Crippen LogP contribution in [0.5, 0.6) is 0 Å². The van der Waals surface area contributed by atoms with Crippen molar-refractivity contribution in [2.24, 2.45) is 0 Å². The van der Waals surface area contributed by atoms with Crippen molar-refractivity contribution in [3.8, 4) is 0 Å². The van der Waals surface area contributed by atoms with E-state index in [-0.39, 0.29) is 0 Å². The SMILES string of the molecule is c1ccc(C2CCN(Cc3cnc(C4CC4)nc3)CC2)nc1. The van der Waals surface area contributed by atoms with E-state index < -0.39 is 0 Å². The number of likely N-dealkylation sites (tertiary alicyclic amines) is 1. The largest absolute Gasteiger partial charge is 0.299 e. The van der Waals surface area contributed by atoms with Crippen LogP contribution in [0, 0.1) is 0 Å². The van der Waals surface area contributed by atoms with Crippen LogP contribution in [-0.4, -0.2) is 32.9 Å². The molecule has 1 aliphatic carbocycles. The Labute approximate surface area is 131 Å². The third kappa shape index (κ3) is 3.17. The topological polar surface area (TPSA) is 41.9 Å². The first kappa shape index (κ1) is 13.8. The zero-order valence-corrected chi connectivity index (χ0v) is 12.9. The number of hydrogen-bond donors (Lipinski definition) is 0. The van der Waals surface area contributed by atoms with E-state index in [1.54, 1.807) is 0 Å². The normalized spacial score (nSPS) is 20.2. The second kappa shape index (κ2) is 6.13. The van der Waals surface area contributed by atoms with Crippen molar-refractivity contribution < 1.29 is 0 Å². The second-order valence-electron chi connectivity index (χ2n) is 6.53. The molecule has 2 fully saturated rings. The van der Waals surface area contributed by atoms with Crippen LogP contribution in [0.15, 0.2) is 36.8 Å². The number of rotatable bonds is 4. The van der Waals surface area contributed by atoms with Crippen LogP contribution in [0.25, 0.3) is 0 Å². The first-order valence-electron chi connectivity index (χ1n) is 8.32. The monoisotopic (exact) mass is 294 g/mol. The summed E-state index contributed by atoms with van der Waals surface area (Å²) in [5.74, 6) is 2.30. The molecule has 3 heterocycles. The number of pyridine rings is 1. The van der Waals surface area contributed by atoms with Crippen molar-refractivity contribution in [3.63, 3.8) is 0 Å². The van der Waals surface area contributed by atoms with Crippen LogP contribution >= 0.6 is 0 Å². The third-order valence-corrected chi connectivity index (χ3v) is 4.77. The molecule has 22 heavy (non-hydrogen) atoms. The van der Waals surface area contributed by atoms with Gasteiger partial charge in [-0.25, -0.2) is 9.97 Å². The van der Waals surface area contributed by atoms with Gasteiger partial charge in [-0.05, 0) is 50.9 Å². The molecular formula is C18H22N4. The van der Waals surface area contributed by atoms with Gasteiger partial charge in [0.05, 0.1) is 0 Å². The predicted molar refractivity (Wildman–Crippen MR) is 85.5 cm³/mol. The van der Waals surface area contributed by atoms with Crippen molar-refractivity contribution in [2.45, 2.75) is 44.1 Å². The maximum atomic E-state index is 4.52. The van der Waals surface area contributed by atoms with Gasteiger partial charge in [-0.3, -0.25) is 9.88 Å². The van der Waals surface area contributed by atoms with Crippen molar-refractivity contribution >= 4 is 0 Å². The van der Waals surface area contributed by atoms with Crippen LogP contribution in [-0.2, 0) is 6.54 Å². The summed E-state index contributed by atoms with van der Waals surface area (Å²) in [5, 5.41) is 0. The summed E-state index contributed by atoms with van der Waals surface area (Å²) in [4.78, 5) is 16.1. The predicted octanol–water partition coefficient (Wildman–Crippen LogP) is 3.13. The van der Waals surface area contributed by atoms with Gasteiger partial charge in [0, 0.05) is 48.2 Å². The Hall–Kier alpha value is -1.81. The van der Waals surface area contributed by atoms with Crippen LogP contribution < -0.4 is 0 Å². The molecule has 2 aromatic heterocycles. The zero-order chi connectivity index (χ0) is 14.8. The van der Waals surface area contributed by atoms with Gasteiger partial charge in [0.25, 0.3) is 0 Å². The average Bonchev–Trinajstić information content (AvgIpc) is 3.42. The Kier molecular flexibility index (Phi) is 3.85. The minimum atomic E-state index is 0.617. The maximum Gasteiger partial charge on any atom is 0.131 e. The number of nitrogens with zero attached hydrogens (tertiary/aromatic N) is 4. The van der Waals surface area contributed by atoms with E-state index in [0.717, 1.165) is 25.5 Å². The summed E-state index contributed by atoms with van der Waals surface area (Å²) in [5.41, 5.74) is 2.49. The van der Waals surface area contributed by atoms with E-state index in [1.807, 2.05) is 24.7 Å². The van der Waals surface area contributed by atoms with Gasteiger partial charge < -0.3 is 0 Å². The van der Waals surface area contributed by atoms with E-state index in [2.05, 4.69) is 32.0 Å². The quantitative estimate of drug-likeness (QED) is 0.869. The van der Waals surface area contributed by atoms with Gasteiger partial charge in [-0.2, -0.15) is 0 Å². The summed E-state index contributed by atoms with van der Waals surface area (Å²) in [6.45, 7) is 3.23. The molecule has 0 aromatic carbocycles. The van der Waals surface area contributed by atoms with E-state index in [9.17, 15) is 0 Å². The fraction of sp³-hybridized carbons (Fsp3) is 0.500. The molecule has 1 aliphatic heterocycles. The molecule has 1 saturated heterocycles.